The molecule has 1 aromatic rings. The Kier molecular flexibility index (Phi) is 3.67. The molecule has 0 nitrogen and oxygen atoms in total. The van der Waals surface area contributed by atoms with Gasteiger partial charge < -0.3 is 0 Å². The summed E-state index contributed by atoms with van der Waals surface area (Å²) in [6, 6.07) is 10.8. The summed E-state index contributed by atoms with van der Waals surface area (Å²) in [5.74, 6) is 0. The summed E-state index contributed by atoms with van der Waals surface area (Å²) < 4.78 is 0. The predicted molar refractivity (Wildman–Crippen MR) is 30.0 cm³/mol. The topological polar surface area (TPSA) is 0 Å². The minimum Gasteiger partial charge on any atom is -0.184 e. The van der Waals surface area contributed by atoms with E-state index < -0.39 is 0 Å². The third kappa shape index (κ3) is 2.20. The van der Waals surface area contributed by atoms with Gasteiger partial charge in [-0.15, -0.1) is 0 Å². The Morgan fingerprint density at radius 3 is 2.00 bits per heavy atom. The molecule has 0 atom stereocenters. The van der Waals surface area contributed by atoms with E-state index in [0.29, 0.717) is 0 Å². The summed E-state index contributed by atoms with van der Waals surface area (Å²) >= 11 is 0. The first kappa shape index (κ1) is 7.80. The SMILES string of the molecule is Cc1cc[c-]cc1.[V]. The molecule has 0 saturated heterocycles. The summed E-state index contributed by atoms with van der Waals surface area (Å²) in [6.07, 6.45) is 0. The van der Waals surface area contributed by atoms with Crippen molar-refractivity contribution in [3.63, 3.8) is 0 Å². The predicted octanol–water partition coefficient (Wildman–Crippen LogP) is 1.79. The van der Waals surface area contributed by atoms with Gasteiger partial charge in [-0.3, -0.25) is 0 Å². The van der Waals surface area contributed by atoms with E-state index in [0.717, 1.165) is 0 Å². The fourth-order valence-corrected chi connectivity index (χ4v) is 0.470. The van der Waals surface area contributed by atoms with Crippen LogP contribution in [-0.2, 0) is 18.6 Å². The van der Waals surface area contributed by atoms with Crippen molar-refractivity contribution in [2.45, 2.75) is 6.92 Å². The maximum Gasteiger partial charge on any atom is 0 e. The van der Waals surface area contributed by atoms with Crippen LogP contribution in [0.3, 0.4) is 0 Å². The van der Waals surface area contributed by atoms with E-state index >= 15 is 0 Å². The van der Waals surface area contributed by atoms with Gasteiger partial charge >= 0.3 is 0 Å². The van der Waals surface area contributed by atoms with Crippen molar-refractivity contribution in [2.75, 3.05) is 0 Å². The first-order chi connectivity index (χ1) is 3.39. The summed E-state index contributed by atoms with van der Waals surface area (Å²) in [6.45, 7) is 2.06. The third-order valence-electron chi connectivity index (χ3n) is 0.885. The van der Waals surface area contributed by atoms with E-state index in [-0.39, 0.29) is 18.6 Å². The van der Waals surface area contributed by atoms with Gasteiger partial charge in [-0.05, 0) is 0 Å². The first-order valence-electron chi connectivity index (χ1n) is 2.32. The smallest absolute Gasteiger partial charge is 0 e. The van der Waals surface area contributed by atoms with Gasteiger partial charge in [0.15, 0.2) is 0 Å². The maximum absolute atomic E-state index is 2.93. The monoisotopic (exact) mass is 142 g/mol. The third-order valence-corrected chi connectivity index (χ3v) is 0.885. The standard InChI is InChI=1S/C7H7.V/c1-7-5-3-2-4-6-7;/h3-6H,1H3;/q-1;. The normalized spacial score (nSPS) is 7.62. The molecule has 1 radical (unpaired) electrons. The minimum atomic E-state index is 0. The first-order valence-corrected chi connectivity index (χ1v) is 2.32. The van der Waals surface area contributed by atoms with Crippen molar-refractivity contribution in [2.24, 2.45) is 0 Å². The molecule has 1 aromatic carbocycles. The van der Waals surface area contributed by atoms with Crippen LogP contribution in [0.25, 0.3) is 0 Å². The molecule has 8 heavy (non-hydrogen) atoms. The summed E-state index contributed by atoms with van der Waals surface area (Å²) in [5.41, 5.74) is 1.29. The van der Waals surface area contributed by atoms with E-state index in [1.165, 1.54) is 5.56 Å². The van der Waals surface area contributed by atoms with E-state index in [1.54, 1.807) is 0 Å². The molecule has 1 heteroatoms. The molecule has 0 aromatic heterocycles. The molecule has 0 saturated carbocycles. The second kappa shape index (κ2) is 3.76. The van der Waals surface area contributed by atoms with Gasteiger partial charge in [0.05, 0.1) is 0 Å². The van der Waals surface area contributed by atoms with Crippen molar-refractivity contribution in [1.29, 1.82) is 0 Å². The van der Waals surface area contributed by atoms with E-state index in [2.05, 4.69) is 13.0 Å². The molecule has 0 fully saturated rings. The largest absolute Gasteiger partial charge is 0.184 e. The molecule has 0 bridgehead atoms. The molecule has 0 aliphatic rings. The van der Waals surface area contributed by atoms with Gasteiger partial charge in [0.1, 0.15) is 0 Å². The van der Waals surface area contributed by atoms with Gasteiger partial charge in [-0.2, -0.15) is 35.9 Å². The van der Waals surface area contributed by atoms with Crippen molar-refractivity contribution in [1.82, 2.24) is 0 Å². The molecule has 0 aliphatic carbocycles. The van der Waals surface area contributed by atoms with Crippen LogP contribution in [0, 0.1) is 13.0 Å². The Balaban J connectivity index is 0.000000490. The molecule has 1 rings (SSSR count). The van der Waals surface area contributed by atoms with Crippen LogP contribution < -0.4 is 0 Å². The van der Waals surface area contributed by atoms with Crippen LogP contribution in [0.5, 0.6) is 0 Å². The van der Waals surface area contributed by atoms with Crippen molar-refractivity contribution >= 4 is 0 Å². The fourth-order valence-electron chi connectivity index (χ4n) is 0.470. The second-order valence-corrected chi connectivity index (χ2v) is 1.58. The summed E-state index contributed by atoms with van der Waals surface area (Å²) in [7, 11) is 0. The summed E-state index contributed by atoms with van der Waals surface area (Å²) in [4.78, 5) is 0. The zero-order valence-electron chi connectivity index (χ0n) is 4.76. The Hall–Kier alpha value is -0.196. The number of hydrogen-bond acceptors (Lipinski definition) is 0. The van der Waals surface area contributed by atoms with E-state index in [4.69, 9.17) is 0 Å². The van der Waals surface area contributed by atoms with Crippen LogP contribution in [0.2, 0.25) is 0 Å². The minimum absolute atomic E-state index is 0. The van der Waals surface area contributed by atoms with Crippen LogP contribution in [-0.4, -0.2) is 0 Å². The van der Waals surface area contributed by atoms with Gasteiger partial charge in [0.25, 0.3) is 0 Å². The Labute approximate surface area is 61.8 Å². The van der Waals surface area contributed by atoms with Crippen LogP contribution in [0.15, 0.2) is 24.3 Å². The van der Waals surface area contributed by atoms with Crippen molar-refractivity contribution < 1.29 is 18.6 Å². The van der Waals surface area contributed by atoms with Crippen molar-refractivity contribution in [3.05, 3.63) is 35.9 Å². The second-order valence-electron chi connectivity index (χ2n) is 1.58. The summed E-state index contributed by atoms with van der Waals surface area (Å²) in [5, 5.41) is 0. The number of hydrogen-bond donors (Lipinski definition) is 0. The average Bonchev–Trinajstić information content (AvgIpc) is 1.69. The Morgan fingerprint density at radius 2 is 1.75 bits per heavy atom. The molecule has 0 amide bonds. The molecular formula is C7H7V-. The zero-order valence-corrected chi connectivity index (χ0v) is 6.15. The van der Waals surface area contributed by atoms with Crippen molar-refractivity contribution in [3.8, 4) is 0 Å². The number of aryl methyl sites for hydroxylation is 1. The number of benzene rings is 1. The molecule has 0 spiro atoms. The van der Waals surface area contributed by atoms with Crippen LogP contribution in [0.1, 0.15) is 5.56 Å². The molecule has 41 valence electrons. The molecule has 0 aliphatic heterocycles. The molecular weight excluding hydrogens is 135 g/mol. The zero-order chi connectivity index (χ0) is 5.11. The fraction of sp³-hybridized carbons (Fsp3) is 0.143. The average molecular weight is 142 g/mol. The van der Waals surface area contributed by atoms with Gasteiger partial charge in [-0.1, -0.05) is 6.92 Å². The van der Waals surface area contributed by atoms with E-state index in [9.17, 15) is 0 Å². The molecule has 0 N–H and O–H groups in total. The Morgan fingerprint density at radius 1 is 1.25 bits per heavy atom. The molecule has 0 heterocycles. The van der Waals surface area contributed by atoms with Gasteiger partial charge in [0.2, 0.25) is 0 Å². The van der Waals surface area contributed by atoms with Gasteiger partial charge in [0, 0.05) is 18.6 Å². The molecule has 0 unspecified atom stereocenters. The van der Waals surface area contributed by atoms with Crippen LogP contribution in [0.4, 0.5) is 0 Å². The number of rotatable bonds is 0. The maximum atomic E-state index is 2.93. The van der Waals surface area contributed by atoms with Gasteiger partial charge in [-0.25, -0.2) is 0 Å². The van der Waals surface area contributed by atoms with E-state index in [1.807, 2.05) is 24.3 Å². The van der Waals surface area contributed by atoms with Crippen LogP contribution >= 0.6 is 0 Å². The quantitative estimate of drug-likeness (QED) is 0.484. The Bertz CT molecular complexity index is 134.